The number of aliphatic hydroxyl groups is 1. The van der Waals surface area contributed by atoms with E-state index in [1.165, 1.54) is 25.8 Å². The van der Waals surface area contributed by atoms with Crippen molar-refractivity contribution < 1.29 is 9.90 Å². The Bertz CT molecular complexity index is 251. The largest absolute Gasteiger partial charge is 0.395 e. The zero-order valence-electron chi connectivity index (χ0n) is 12.3. The number of rotatable bonds is 7. The van der Waals surface area contributed by atoms with Gasteiger partial charge in [0.05, 0.1) is 6.61 Å². The lowest BCUT2D eigenvalue weighted by molar-refractivity contribution is 0.174. The van der Waals surface area contributed by atoms with E-state index in [4.69, 9.17) is 5.11 Å². The molecule has 1 fully saturated rings. The van der Waals surface area contributed by atoms with Gasteiger partial charge in [-0.1, -0.05) is 13.8 Å². The SMILES string of the molecule is CC(C)CCN1CCC(CNC(=O)NCCO)CC1. The lowest BCUT2D eigenvalue weighted by Gasteiger charge is -2.32. The van der Waals surface area contributed by atoms with Gasteiger partial charge < -0.3 is 20.6 Å². The summed E-state index contributed by atoms with van der Waals surface area (Å²) in [6, 6.07) is -0.170. The summed E-state index contributed by atoms with van der Waals surface area (Å²) in [6.07, 6.45) is 3.60. The molecular weight excluding hydrogens is 242 g/mol. The van der Waals surface area contributed by atoms with E-state index < -0.39 is 0 Å². The molecule has 0 radical (unpaired) electrons. The van der Waals surface area contributed by atoms with E-state index in [0.717, 1.165) is 25.6 Å². The topological polar surface area (TPSA) is 64.6 Å². The van der Waals surface area contributed by atoms with E-state index in [0.29, 0.717) is 12.5 Å². The molecule has 0 spiro atoms. The van der Waals surface area contributed by atoms with Crippen molar-refractivity contribution in [1.29, 1.82) is 0 Å². The minimum absolute atomic E-state index is 0.0122. The van der Waals surface area contributed by atoms with Crippen LogP contribution in [0.2, 0.25) is 0 Å². The van der Waals surface area contributed by atoms with E-state index >= 15 is 0 Å². The normalized spacial score (nSPS) is 17.7. The number of likely N-dealkylation sites (tertiary alicyclic amines) is 1. The molecule has 5 nitrogen and oxygen atoms in total. The Hall–Kier alpha value is -0.810. The third-order valence-electron chi connectivity index (χ3n) is 3.68. The molecule has 0 atom stereocenters. The number of hydrogen-bond donors (Lipinski definition) is 3. The quantitative estimate of drug-likeness (QED) is 0.648. The summed E-state index contributed by atoms with van der Waals surface area (Å²) in [5.74, 6) is 1.37. The zero-order valence-corrected chi connectivity index (χ0v) is 12.3. The minimum atomic E-state index is -0.170. The van der Waals surface area contributed by atoms with Crippen molar-refractivity contribution in [2.75, 3.05) is 39.3 Å². The number of nitrogens with zero attached hydrogens (tertiary/aromatic N) is 1. The third-order valence-corrected chi connectivity index (χ3v) is 3.68. The molecule has 1 heterocycles. The van der Waals surface area contributed by atoms with Crippen LogP contribution in [-0.2, 0) is 0 Å². The van der Waals surface area contributed by atoms with Crippen LogP contribution >= 0.6 is 0 Å². The van der Waals surface area contributed by atoms with Gasteiger partial charge in [0.15, 0.2) is 0 Å². The van der Waals surface area contributed by atoms with Crippen LogP contribution in [0.15, 0.2) is 0 Å². The van der Waals surface area contributed by atoms with Crippen molar-refractivity contribution in [1.82, 2.24) is 15.5 Å². The molecule has 3 N–H and O–H groups in total. The summed E-state index contributed by atoms with van der Waals surface area (Å²) < 4.78 is 0. The molecule has 0 aromatic rings. The maximum absolute atomic E-state index is 11.3. The number of nitrogens with one attached hydrogen (secondary N) is 2. The van der Waals surface area contributed by atoms with E-state index in [1.54, 1.807) is 0 Å². The highest BCUT2D eigenvalue weighted by molar-refractivity contribution is 5.73. The Kier molecular flexibility index (Phi) is 7.82. The van der Waals surface area contributed by atoms with Gasteiger partial charge in [-0.15, -0.1) is 0 Å². The molecule has 5 heteroatoms. The van der Waals surface area contributed by atoms with Crippen molar-refractivity contribution in [3.63, 3.8) is 0 Å². The Morgan fingerprint density at radius 3 is 2.58 bits per heavy atom. The number of carbonyl (C=O) groups excluding carboxylic acids is 1. The molecule has 1 aliphatic rings. The number of piperidine rings is 1. The summed E-state index contributed by atoms with van der Waals surface area (Å²) in [4.78, 5) is 13.9. The maximum atomic E-state index is 11.3. The van der Waals surface area contributed by atoms with Crippen molar-refractivity contribution >= 4 is 6.03 Å². The van der Waals surface area contributed by atoms with Crippen LogP contribution in [-0.4, -0.2) is 55.4 Å². The number of hydrogen-bond acceptors (Lipinski definition) is 3. The molecule has 0 bridgehead atoms. The van der Waals surface area contributed by atoms with E-state index in [1.807, 2.05) is 0 Å². The first kappa shape index (κ1) is 16.2. The number of amides is 2. The Balaban J connectivity index is 2.08. The fourth-order valence-corrected chi connectivity index (χ4v) is 2.32. The molecule has 0 aliphatic carbocycles. The number of urea groups is 1. The monoisotopic (exact) mass is 271 g/mol. The summed E-state index contributed by atoms with van der Waals surface area (Å²) in [5, 5.41) is 14.1. The second kappa shape index (κ2) is 9.15. The van der Waals surface area contributed by atoms with Gasteiger partial charge in [0.1, 0.15) is 0 Å². The van der Waals surface area contributed by atoms with E-state index in [9.17, 15) is 4.79 Å². The standard InChI is InChI=1S/C14H29N3O2/c1-12(2)3-7-17-8-4-13(5-9-17)11-16-14(19)15-6-10-18/h12-13,18H,3-11H2,1-2H3,(H2,15,16,19). The molecule has 2 amide bonds. The first-order valence-corrected chi connectivity index (χ1v) is 7.46. The molecule has 1 rings (SSSR count). The van der Waals surface area contributed by atoms with Gasteiger partial charge in [-0.05, 0) is 50.7 Å². The average molecular weight is 271 g/mol. The first-order valence-electron chi connectivity index (χ1n) is 7.46. The summed E-state index contributed by atoms with van der Waals surface area (Å²) in [5.41, 5.74) is 0. The highest BCUT2D eigenvalue weighted by Crippen LogP contribution is 2.17. The second-order valence-electron chi connectivity index (χ2n) is 5.83. The molecule has 1 saturated heterocycles. The molecule has 19 heavy (non-hydrogen) atoms. The highest BCUT2D eigenvalue weighted by atomic mass is 16.3. The predicted octanol–water partition coefficient (Wildman–Crippen LogP) is 1.04. The van der Waals surface area contributed by atoms with Crippen LogP contribution in [0.4, 0.5) is 4.79 Å². The van der Waals surface area contributed by atoms with Crippen molar-refractivity contribution in [2.24, 2.45) is 11.8 Å². The third kappa shape index (κ3) is 7.38. The van der Waals surface area contributed by atoms with Gasteiger partial charge in [-0.25, -0.2) is 4.79 Å². The van der Waals surface area contributed by atoms with Gasteiger partial charge in [0, 0.05) is 13.1 Å². The molecule has 112 valence electrons. The zero-order chi connectivity index (χ0) is 14.1. The Labute approximate surface area is 116 Å². The first-order chi connectivity index (χ1) is 9.11. The van der Waals surface area contributed by atoms with Crippen LogP contribution in [0.5, 0.6) is 0 Å². The fourth-order valence-electron chi connectivity index (χ4n) is 2.32. The van der Waals surface area contributed by atoms with Gasteiger partial charge in [-0.2, -0.15) is 0 Å². The number of aliphatic hydroxyl groups excluding tert-OH is 1. The molecule has 0 aromatic heterocycles. The molecule has 0 aromatic carbocycles. The highest BCUT2D eigenvalue weighted by Gasteiger charge is 2.19. The van der Waals surface area contributed by atoms with Crippen molar-refractivity contribution in [3.05, 3.63) is 0 Å². The van der Waals surface area contributed by atoms with Gasteiger partial charge in [-0.3, -0.25) is 0 Å². The minimum Gasteiger partial charge on any atom is -0.395 e. The van der Waals surface area contributed by atoms with Crippen molar-refractivity contribution in [2.45, 2.75) is 33.1 Å². The lowest BCUT2D eigenvalue weighted by Crippen LogP contribution is -2.42. The van der Waals surface area contributed by atoms with Gasteiger partial charge in [0.2, 0.25) is 0 Å². The van der Waals surface area contributed by atoms with Crippen LogP contribution in [0.3, 0.4) is 0 Å². The molecule has 0 saturated carbocycles. The molecular formula is C14H29N3O2. The number of carbonyl (C=O) groups is 1. The van der Waals surface area contributed by atoms with Crippen LogP contribution < -0.4 is 10.6 Å². The molecule has 1 aliphatic heterocycles. The summed E-state index contributed by atoms with van der Waals surface area (Å²) in [7, 11) is 0. The predicted molar refractivity (Wildman–Crippen MR) is 77.1 cm³/mol. The van der Waals surface area contributed by atoms with Gasteiger partial charge in [0.25, 0.3) is 0 Å². The lowest BCUT2D eigenvalue weighted by atomic mass is 9.96. The summed E-state index contributed by atoms with van der Waals surface area (Å²) >= 11 is 0. The summed E-state index contributed by atoms with van der Waals surface area (Å²) in [6.45, 7) is 9.09. The van der Waals surface area contributed by atoms with E-state index in [2.05, 4.69) is 29.4 Å². The van der Waals surface area contributed by atoms with E-state index in [-0.39, 0.29) is 12.6 Å². The Morgan fingerprint density at radius 1 is 1.32 bits per heavy atom. The maximum Gasteiger partial charge on any atom is 0.314 e. The van der Waals surface area contributed by atoms with Gasteiger partial charge >= 0.3 is 6.03 Å². The fraction of sp³-hybridized carbons (Fsp3) is 0.929. The Morgan fingerprint density at radius 2 is 2.00 bits per heavy atom. The van der Waals surface area contributed by atoms with Crippen LogP contribution in [0.1, 0.15) is 33.1 Å². The average Bonchev–Trinajstić information content (AvgIpc) is 2.41. The smallest absolute Gasteiger partial charge is 0.314 e. The van der Waals surface area contributed by atoms with Crippen LogP contribution in [0.25, 0.3) is 0 Å². The second-order valence-corrected chi connectivity index (χ2v) is 5.83. The van der Waals surface area contributed by atoms with Crippen molar-refractivity contribution in [3.8, 4) is 0 Å². The van der Waals surface area contributed by atoms with Crippen LogP contribution in [0, 0.1) is 11.8 Å². The molecule has 0 unspecified atom stereocenters.